The lowest BCUT2D eigenvalue weighted by atomic mass is 9.94. The Morgan fingerprint density at radius 2 is 1.82 bits per heavy atom. The van der Waals surface area contributed by atoms with E-state index in [4.69, 9.17) is 4.74 Å². The Labute approximate surface area is 133 Å². The second-order valence-electron chi connectivity index (χ2n) is 6.68. The fourth-order valence-electron chi connectivity index (χ4n) is 2.43. The van der Waals surface area contributed by atoms with Crippen molar-refractivity contribution in [3.63, 3.8) is 0 Å². The lowest BCUT2D eigenvalue weighted by Crippen LogP contribution is -2.43. The molecule has 1 saturated heterocycles. The summed E-state index contributed by atoms with van der Waals surface area (Å²) in [5.74, 6) is -0.196. The third kappa shape index (κ3) is 6.75. The summed E-state index contributed by atoms with van der Waals surface area (Å²) in [5.41, 5.74) is -0.435. The zero-order valence-corrected chi connectivity index (χ0v) is 14.4. The summed E-state index contributed by atoms with van der Waals surface area (Å²) in [6.45, 7) is 11.2. The van der Waals surface area contributed by atoms with Gasteiger partial charge in [-0.3, -0.25) is 14.5 Å². The van der Waals surface area contributed by atoms with Crippen molar-refractivity contribution in [3.8, 4) is 0 Å². The average molecular weight is 314 g/mol. The van der Waals surface area contributed by atoms with Crippen LogP contribution in [0.2, 0.25) is 0 Å². The number of methoxy groups -OCH3 is 1. The van der Waals surface area contributed by atoms with Crippen LogP contribution in [0.3, 0.4) is 0 Å². The molecule has 128 valence electrons. The van der Waals surface area contributed by atoms with Crippen LogP contribution in [0.5, 0.6) is 0 Å². The van der Waals surface area contributed by atoms with E-state index in [1.165, 1.54) is 7.11 Å². The number of ether oxygens (including phenoxy) is 2. The van der Waals surface area contributed by atoms with Gasteiger partial charge in [-0.25, -0.2) is 0 Å². The summed E-state index contributed by atoms with van der Waals surface area (Å²) in [6, 6.07) is 0. The van der Waals surface area contributed by atoms with Gasteiger partial charge in [0.15, 0.2) is 0 Å². The third-order valence-corrected chi connectivity index (χ3v) is 3.75. The number of carbonyl (C=O) groups excluding carboxylic acids is 2. The molecule has 0 aliphatic carbocycles. The highest BCUT2D eigenvalue weighted by molar-refractivity contribution is 5.82. The molecule has 0 unspecified atom stereocenters. The molecule has 1 aliphatic rings. The smallest absolute Gasteiger partial charge is 0.307 e. The van der Waals surface area contributed by atoms with E-state index in [1.807, 2.05) is 20.8 Å². The summed E-state index contributed by atoms with van der Waals surface area (Å²) >= 11 is 0. The lowest BCUT2D eigenvalue weighted by Gasteiger charge is -2.31. The summed E-state index contributed by atoms with van der Waals surface area (Å²) in [5, 5.41) is 0. The summed E-state index contributed by atoms with van der Waals surface area (Å²) < 4.78 is 10.00. The van der Waals surface area contributed by atoms with Crippen LogP contribution in [-0.4, -0.2) is 74.7 Å². The Balaban J connectivity index is 2.45. The highest BCUT2D eigenvalue weighted by Crippen LogP contribution is 2.18. The molecular formula is C16H30N2O4. The molecule has 0 aromatic carbocycles. The summed E-state index contributed by atoms with van der Waals surface area (Å²) in [6.07, 6.45) is 1.15. The Morgan fingerprint density at radius 3 is 2.36 bits per heavy atom. The van der Waals surface area contributed by atoms with Gasteiger partial charge in [-0.1, -0.05) is 20.8 Å². The maximum absolute atomic E-state index is 12.5. The average Bonchev–Trinajstić information content (AvgIpc) is 2.49. The third-order valence-electron chi connectivity index (χ3n) is 3.75. The number of rotatable bonds is 7. The molecule has 1 heterocycles. The number of morpholine rings is 1. The molecule has 1 aliphatic heterocycles. The van der Waals surface area contributed by atoms with E-state index in [2.05, 4.69) is 9.64 Å². The fourth-order valence-corrected chi connectivity index (χ4v) is 2.43. The van der Waals surface area contributed by atoms with Crippen LogP contribution in [0.15, 0.2) is 0 Å². The molecule has 0 aromatic rings. The molecule has 0 radical (unpaired) electrons. The number of hydrogen-bond acceptors (Lipinski definition) is 5. The minimum Gasteiger partial charge on any atom is -0.469 e. The molecule has 6 heteroatoms. The second-order valence-corrected chi connectivity index (χ2v) is 6.68. The zero-order valence-electron chi connectivity index (χ0n) is 14.4. The molecule has 1 rings (SSSR count). The first-order valence-electron chi connectivity index (χ1n) is 8.01. The van der Waals surface area contributed by atoms with Crippen LogP contribution in [0, 0.1) is 5.41 Å². The summed E-state index contributed by atoms with van der Waals surface area (Å²) in [4.78, 5) is 28.0. The Morgan fingerprint density at radius 1 is 1.18 bits per heavy atom. The number of amides is 1. The molecule has 1 amide bonds. The topological polar surface area (TPSA) is 59.1 Å². The lowest BCUT2D eigenvalue weighted by molar-refractivity contribution is -0.143. The molecule has 6 nitrogen and oxygen atoms in total. The molecule has 22 heavy (non-hydrogen) atoms. The van der Waals surface area contributed by atoms with Crippen molar-refractivity contribution in [1.29, 1.82) is 0 Å². The van der Waals surface area contributed by atoms with Crippen LogP contribution in [0.4, 0.5) is 0 Å². The van der Waals surface area contributed by atoms with Crippen LogP contribution in [0.1, 0.15) is 33.6 Å². The van der Waals surface area contributed by atoms with Gasteiger partial charge in [0.2, 0.25) is 5.91 Å². The van der Waals surface area contributed by atoms with Crippen LogP contribution in [0.25, 0.3) is 0 Å². The molecule has 0 bridgehead atoms. The maximum Gasteiger partial charge on any atom is 0.307 e. The molecule has 0 N–H and O–H groups in total. The van der Waals surface area contributed by atoms with E-state index >= 15 is 0 Å². The molecule has 0 atom stereocenters. The number of carbonyl (C=O) groups is 2. The quantitative estimate of drug-likeness (QED) is 0.660. The monoisotopic (exact) mass is 314 g/mol. The van der Waals surface area contributed by atoms with Gasteiger partial charge >= 0.3 is 5.97 Å². The van der Waals surface area contributed by atoms with Gasteiger partial charge in [0, 0.05) is 38.1 Å². The van der Waals surface area contributed by atoms with Crippen molar-refractivity contribution in [2.45, 2.75) is 33.6 Å². The zero-order chi connectivity index (χ0) is 16.6. The van der Waals surface area contributed by atoms with Crippen molar-refractivity contribution < 1.29 is 19.1 Å². The van der Waals surface area contributed by atoms with E-state index in [-0.39, 0.29) is 18.3 Å². The van der Waals surface area contributed by atoms with E-state index in [0.29, 0.717) is 13.1 Å². The normalized spacial score (nSPS) is 16.4. The van der Waals surface area contributed by atoms with Gasteiger partial charge in [-0.2, -0.15) is 0 Å². The number of esters is 1. The molecular weight excluding hydrogens is 284 g/mol. The standard InChI is InChI=1S/C16H30N2O4/c1-16(2,3)15(20)18(9-6-14(19)21-4)8-5-7-17-10-12-22-13-11-17/h5-13H2,1-4H3. The first kappa shape index (κ1) is 18.9. The van der Waals surface area contributed by atoms with E-state index < -0.39 is 5.41 Å². The molecule has 0 saturated carbocycles. The van der Waals surface area contributed by atoms with Gasteiger partial charge in [0.25, 0.3) is 0 Å². The van der Waals surface area contributed by atoms with Crippen molar-refractivity contribution in [2.24, 2.45) is 5.41 Å². The first-order chi connectivity index (χ1) is 10.3. The van der Waals surface area contributed by atoms with Crippen LogP contribution >= 0.6 is 0 Å². The molecule has 0 aromatic heterocycles. The van der Waals surface area contributed by atoms with E-state index in [9.17, 15) is 9.59 Å². The van der Waals surface area contributed by atoms with Gasteiger partial charge < -0.3 is 14.4 Å². The number of hydrogen-bond donors (Lipinski definition) is 0. The van der Waals surface area contributed by atoms with Gasteiger partial charge in [0.05, 0.1) is 26.7 Å². The predicted molar refractivity (Wildman–Crippen MR) is 84.5 cm³/mol. The first-order valence-corrected chi connectivity index (χ1v) is 8.01. The van der Waals surface area contributed by atoms with Crippen molar-refractivity contribution >= 4 is 11.9 Å². The minimum atomic E-state index is -0.435. The van der Waals surface area contributed by atoms with Crippen LogP contribution in [-0.2, 0) is 19.1 Å². The van der Waals surface area contributed by atoms with E-state index in [0.717, 1.165) is 39.3 Å². The van der Waals surface area contributed by atoms with Gasteiger partial charge in [-0.15, -0.1) is 0 Å². The minimum absolute atomic E-state index is 0.0818. The Hall–Kier alpha value is -1.14. The summed E-state index contributed by atoms with van der Waals surface area (Å²) in [7, 11) is 1.37. The highest BCUT2D eigenvalue weighted by atomic mass is 16.5. The van der Waals surface area contributed by atoms with Gasteiger partial charge in [-0.05, 0) is 6.42 Å². The fraction of sp³-hybridized carbons (Fsp3) is 0.875. The highest BCUT2D eigenvalue weighted by Gasteiger charge is 2.27. The van der Waals surface area contributed by atoms with Crippen molar-refractivity contribution in [1.82, 2.24) is 9.80 Å². The van der Waals surface area contributed by atoms with Crippen LogP contribution < -0.4 is 0 Å². The Kier molecular flexibility index (Phi) is 7.82. The maximum atomic E-state index is 12.5. The largest absolute Gasteiger partial charge is 0.469 e. The Bertz CT molecular complexity index is 360. The van der Waals surface area contributed by atoms with Gasteiger partial charge in [0.1, 0.15) is 0 Å². The number of nitrogens with zero attached hydrogens (tertiary/aromatic N) is 2. The second kappa shape index (κ2) is 9.10. The predicted octanol–water partition coefficient (Wildman–Crippen LogP) is 1.15. The molecule has 1 fully saturated rings. The SMILES string of the molecule is COC(=O)CCN(CCCN1CCOCC1)C(=O)C(C)(C)C. The van der Waals surface area contributed by atoms with Crippen molar-refractivity contribution in [3.05, 3.63) is 0 Å². The van der Waals surface area contributed by atoms with Crippen molar-refractivity contribution in [2.75, 3.05) is 53.0 Å². The molecule has 0 spiro atoms. The van der Waals surface area contributed by atoms with E-state index in [1.54, 1.807) is 4.90 Å².